The van der Waals surface area contributed by atoms with Gasteiger partial charge in [-0.2, -0.15) is 0 Å². The number of fused-ring (bicyclic) bond motifs is 4. The molecule has 9 aromatic rings. The van der Waals surface area contributed by atoms with E-state index in [0.29, 0.717) is 0 Å². The van der Waals surface area contributed by atoms with Crippen LogP contribution in [-0.4, -0.2) is 5.11 Å². The quantitative estimate of drug-likeness (QED) is 0.147. The molecule has 9 aromatic carbocycles. The van der Waals surface area contributed by atoms with Gasteiger partial charge >= 0.3 is 0 Å². The zero-order valence-electron chi connectivity index (χ0n) is 26.7. The minimum absolute atomic E-state index is 0.236. The number of hydrogen-bond donors (Lipinski definition) is 1. The summed E-state index contributed by atoms with van der Waals surface area (Å²) >= 11 is 0. The Labute approximate surface area is 285 Å². The Morgan fingerprint density at radius 2 is 0.633 bits per heavy atom. The molecule has 0 fully saturated rings. The van der Waals surface area contributed by atoms with Crippen molar-refractivity contribution in [2.75, 3.05) is 9.80 Å². The zero-order chi connectivity index (χ0) is 32.7. The van der Waals surface area contributed by atoms with Crippen LogP contribution >= 0.6 is 0 Å². The molecule has 3 heteroatoms. The lowest BCUT2D eigenvalue weighted by Gasteiger charge is -2.33. The van der Waals surface area contributed by atoms with E-state index >= 15 is 0 Å². The molecule has 0 aliphatic heterocycles. The Kier molecular flexibility index (Phi) is 6.95. The van der Waals surface area contributed by atoms with Gasteiger partial charge < -0.3 is 14.9 Å². The van der Waals surface area contributed by atoms with Crippen LogP contribution in [0.3, 0.4) is 0 Å². The summed E-state index contributed by atoms with van der Waals surface area (Å²) < 4.78 is 0. The Hall–Kier alpha value is -6.58. The van der Waals surface area contributed by atoms with Gasteiger partial charge in [-0.25, -0.2) is 0 Å². The molecule has 0 unspecified atom stereocenters. The van der Waals surface area contributed by atoms with Crippen molar-refractivity contribution in [3.05, 3.63) is 188 Å². The smallest absolute Gasteiger partial charge is 0.115 e. The third-order valence-corrected chi connectivity index (χ3v) is 9.46. The molecule has 0 aliphatic rings. The van der Waals surface area contributed by atoms with Gasteiger partial charge in [0.25, 0.3) is 0 Å². The van der Waals surface area contributed by atoms with Crippen LogP contribution in [0, 0.1) is 0 Å². The number of aromatic hydroxyl groups is 1. The fourth-order valence-corrected chi connectivity index (χ4v) is 7.33. The summed E-state index contributed by atoms with van der Waals surface area (Å²) in [5.74, 6) is 0.236. The van der Waals surface area contributed by atoms with E-state index in [0.717, 1.165) is 61.1 Å². The molecule has 0 saturated heterocycles. The van der Waals surface area contributed by atoms with Crippen molar-refractivity contribution >= 4 is 77.2 Å². The van der Waals surface area contributed by atoms with Crippen molar-refractivity contribution in [2.45, 2.75) is 0 Å². The van der Waals surface area contributed by atoms with Crippen LogP contribution in [0.15, 0.2) is 188 Å². The van der Waals surface area contributed by atoms with E-state index in [1.165, 1.54) is 16.2 Å². The van der Waals surface area contributed by atoms with E-state index in [1.54, 1.807) is 12.1 Å². The zero-order valence-corrected chi connectivity index (χ0v) is 26.7. The van der Waals surface area contributed by atoms with Gasteiger partial charge in [-0.1, -0.05) is 140 Å². The summed E-state index contributed by atoms with van der Waals surface area (Å²) in [6.07, 6.45) is 0. The van der Waals surface area contributed by atoms with Crippen molar-refractivity contribution in [3.63, 3.8) is 0 Å². The first-order valence-electron chi connectivity index (χ1n) is 16.6. The maximum absolute atomic E-state index is 10.4. The summed E-state index contributed by atoms with van der Waals surface area (Å²) in [6, 6.07) is 65.9. The van der Waals surface area contributed by atoms with Crippen molar-refractivity contribution in [1.82, 2.24) is 0 Å². The fourth-order valence-electron chi connectivity index (χ4n) is 7.33. The molecule has 0 saturated carbocycles. The SMILES string of the molecule is Oc1ccc(N(c2cccc3ccccc23)c2c3ccccc3c(N(c3ccccc3)c3cccc4ccccc34)c3ccccc23)cc1. The number of phenolic OH excluding ortho intramolecular Hbond substituents is 1. The van der Waals surface area contributed by atoms with Crippen molar-refractivity contribution in [2.24, 2.45) is 0 Å². The van der Waals surface area contributed by atoms with Gasteiger partial charge in [0, 0.05) is 43.7 Å². The molecule has 3 nitrogen and oxygen atoms in total. The molecule has 0 heterocycles. The third-order valence-electron chi connectivity index (χ3n) is 9.46. The topological polar surface area (TPSA) is 26.7 Å². The number of rotatable bonds is 6. The number of phenols is 1. The van der Waals surface area contributed by atoms with Crippen LogP contribution in [0.4, 0.5) is 34.1 Å². The average molecular weight is 629 g/mol. The summed E-state index contributed by atoms with van der Waals surface area (Å²) in [5.41, 5.74) is 6.46. The van der Waals surface area contributed by atoms with E-state index in [9.17, 15) is 5.11 Å². The van der Waals surface area contributed by atoms with Crippen LogP contribution in [-0.2, 0) is 0 Å². The Morgan fingerprint density at radius 3 is 1.08 bits per heavy atom. The standard InChI is InChI=1S/C46H32N2O/c49-36-30-28-35(29-31-36)48(44-27-13-17-33-15-5-7-21-38(33)44)46-41-24-10-8-22-39(41)45(40-23-9-11-25-42(40)46)47(34-18-2-1-3-19-34)43-26-12-16-32-14-4-6-20-37(32)43/h1-31,49H. The average Bonchev–Trinajstić information content (AvgIpc) is 3.17. The molecule has 1 N–H and O–H groups in total. The van der Waals surface area contributed by atoms with Gasteiger partial charge in [0.05, 0.1) is 22.7 Å². The second-order valence-corrected chi connectivity index (χ2v) is 12.3. The molecular weight excluding hydrogens is 597 g/mol. The third kappa shape index (κ3) is 4.83. The first-order valence-corrected chi connectivity index (χ1v) is 16.6. The Morgan fingerprint density at radius 1 is 0.286 bits per heavy atom. The highest BCUT2D eigenvalue weighted by molar-refractivity contribution is 6.24. The molecule has 0 aromatic heterocycles. The van der Waals surface area contributed by atoms with Gasteiger partial charge in [-0.15, -0.1) is 0 Å². The molecule has 0 atom stereocenters. The van der Waals surface area contributed by atoms with Gasteiger partial charge in [0.1, 0.15) is 5.75 Å². The van der Waals surface area contributed by atoms with E-state index in [2.05, 4.69) is 174 Å². The number of anilines is 6. The second kappa shape index (κ2) is 11.9. The maximum atomic E-state index is 10.4. The summed E-state index contributed by atoms with van der Waals surface area (Å²) in [7, 11) is 0. The van der Waals surface area contributed by atoms with Gasteiger partial charge in [-0.3, -0.25) is 0 Å². The molecule has 0 aliphatic carbocycles. The minimum atomic E-state index is 0.236. The first-order chi connectivity index (χ1) is 24.3. The molecule has 49 heavy (non-hydrogen) atoms. The van der Waals surface area contributed by atoms with E-state index in [1.807, 2.05) is 12.1 Å². The van der Waals surface area contributed by atoms with E-state index < -0.39 is 0 Å². The summed E-state index contributed by atoms with van der Waals surface area (Å²) in [4.78, 5) is 4.79. The molecule has 0 amide bonds. The molecule has 0 radical (unpaired) electrons. The van der Waals surface area contributed by atoms with Gasteiger partial charge in [0.15, 0.2) is 0 Å². The van der Waals surface area contributed by atoms with Crippen LogP contribution < -0.4 is 9.80 Å². The fraction of sp³-hybridized carbons (Fsp3) is 0. The largest absolute Gasteiger partial charge is 0.508 e. The highest BCUT2D eigenvalue weighted by Gasteiger charge is 2.26. The summed E-state index contributed by atoms with van der Waals surface area (Å²) in [5, 5.41) is 19.6. The normalized spacial score (nSPS) is 11.3. The number of nitrogens with zero attached hydrogens (tertiary/aromatic N) is 2. The second-order valence-electron chi connectivity index (χ2n) is 12.3. The summed E-state index contributed by atoms with van der Waals surface area (Å²) in [6.45, 7) is 0. The predicted molar refractivity (Wildman–Crippen MR) is 207 cm³/mol. The monoisotopic (exact) mass is 628 g/mol. The molecule has 0 spiro atoms. The predicted octanol–water partition coefficient (Wildman–Crippen LogP) is 12.9. The van der Waals surface area contributed by atoms with E-state index in [-0.39, 0.29) is 5.75 Å². The number of para-hydroxylation sites is 1. The number of hydrogen-bond acceptors (Lipinski definition) is 3. The Balaban J connectivity index is 1.43. The molecular formula is C46H32N2O. The van der Waals surface area contributed by atoms with Crippen LogP contribution in [0.5, 0.6) is 5.75 Å². The number of benzene rings is 9. The lowest BCUT2D eigenvalue weighted by atomic mass is 9.94. The maximum Gasteiger partial charge on any atom is 0.115 e. The van der Waals surface area contributed by atoms with Crippen molar-refractivity contribution < 1.29 is 5.11 Å². The molecule has 232 valence electrons. The van der Waals surface area contributed by atoms with Gasteiger partial charge in [0.2, 0.25) is 0 Å². The van der Waals surface area contributed by atoms with Crippen molar-refractivity contribution in [3.8, 4) is 5.75 Å². The highest BCUT2D eigenvalue weighted by Crippen LogP contribution is 2.52. The minimum Gasteiger partial charge on any atom is -0.508 e. The van der Waals surface area contributed by atoms with E-state index in [4.69, 9.17) is 0 Å². The molecule has 0 bridgehead atoms. The van der Waals surface area contributed by atoms with Gasteiger partial charge in [-0.05, 0) is 59.3 Å². The lowest BCUT2D eigenvalue weighted by Crippen LogP contribution is -2.15. The lowest BCUT2D eigenvalue weighted by molar-refractivity contribution is 0.475. The molecule has 9 rings (SSSR count). The van der Waals surface area contributed by atoms with Crippen LogP contribution in [0.25, 0.3) is 43.1 Å². The highest BCUT2D eigenvalue weighted by atomic mass is 16.3. The Bertz CT molecular complexity index is 2560. The first kappa shape index (κ1) is 28.6. The van der Waals surface area contributed by atoms with Crippen molar-refractivity contribution in [1.29, 1.82) is 0 Å². The van der Waals surface area contributed by atoms with Crippen LogP contribution in [0.2, 0.25) is 0 Å². The van der Waals surface area contributed by atoms with Crippen LogP contribution in [0.1, 0.15) is 0 Å².